The highest BCUT2D eigenvalue weighted by molar-refractivity contribution is 7.80. The van der Waals surface area contributed by atoms with E-state index in [1.165, 1.54) is 0 Å². The van der Waals surface area contributed by atoms with E-state index in [0.29, 0.717) is 10.8 Å². The van der Waals surface area contributed by atoms with E-state index in [4.69, 9.17) is 11.6 Å². The van der Waals surface area contributed by atoms with Crippen LogP contribution >= 0.6 is 24.2 Å². The van der Waals surface area contributed by atoms with Crippen LogP contribution in [0.2, 0.25) is 0 Å². The van der Waals surface area contributed by atoms with Gasteiger partial charge in [0.2, 0.25) is 0 Å². The van der Waals surface area contributed by atoms with Crippen molar-refractivity contribution in [3.63, 3.8) is 0 Å². The fourth-order valence-electron chi connectivity index (χ4n) is 0.562. The maximum Gasteiger partial charge on any atom is 0.0337 e. The van der Waals surface area contributed by atoms with Crippen LogP contribution in [0.4, 0.5) is 0 Å². The molecule has 0 fully saturated rings. The largest absolute Gasteiger partial charge is 0.175 e. The third-order valence-electron chi connectivity index (χ3n) is 0.905. The van der Waals surface area contributed by atoms with Crippen molar-refractivity contribution in [1.82, 2.24) is 0 Å². The summed E-state index contributed by atoms with van der Waals surface area (Å²) in [6.07, 6.45) is 5.71. The summed E-state index contributed by atoms with van der Waals surface area (Å²) in [5.41, 5.74) is 1.07. The van der Waals surface area contributed by atoms with Gasteiger partial charge in [0, 0.05) is 10.8 Å². The summed E-state index contributed by atoms with van der Waals surface area (Å²) in [7, 11) is 0. The molecule has 0 N–H and O–H groups in total. The number of halogens is 1. The fourth-order valence-corrected chi connectivity index (χ4v) is 0.899. The van der Waals surface area contributed by atoms with Gasteiger partial charge in [-0.15, -0.1) is 0 Å². The van der Waals surface area contributed by atoms with Crippen molar-refractivity contribution < 1.29 is 0 Å². The maximum absolute atomic E-state index is 5.55. The van der Waals surface area contributed by atoms with E-state index in [0.717, 1.165) is 5.57 Å². The Morgan fingerprint density at radius 1 is 1.70 bits per heavy atom. The van der Waals surface area contributed by atoms with E-state index in [2.05, 4.69) is 19.2 Å². The zero-order valence-corrected chi connectivity index (χ0v) is 7.62. The lowest BCUT2D eigenvalue weighted by atomic mass is 10.2. The molecule has 0 aromatic carbocycles. The van der Waals surface area contributed by atoms with E-state index in [-0.39, 0.29) is 0 Å². The molecule has 0 aliphatic carbocycles. The quantitative estimate of drug-likeness (QED) is 0.493. The molecule has 2 heteroatoms. The van der Waals surface area contributed by atoms with E-state index in [1.54, 1.807) is 6.08 Å². The van der Waals surface area contributed by atoms with Gasteiger partial charge in [0.1, 0.15) is 0 Å². The molecule has 56 valence electrons. The van der Waals surface area contributed by atoms with Gasteiger partial charge < -0.3 is 0 Å². The van der Waals surface area contributed by atoms with Gasteiger partial charge in [-0.2, -0.15) is 12.6 Å². The minimum Gasteiger partial charge on any atom is -0.175 e. The normalized spacial score (nSPS) is 12.5. The first-order chi connectivity index (χ1) is 4.70. The zero-order valence-electron chi connectivity index (χ0n) is 5.97. The minimum absolute atomic E-state index is 0.544. The van der Waals surface area contributed by atoms with E-state index >= 15 is 0 Å². The molecule has 0 unspecified atom stereocenters. The molecule has 10 heavy (non-hydrogen) atoms. The van der Waals surface area contributed by atoms with Crippen LogP contribution in [-0.2, 0) is 0 Å². The van der Waals surface area contributed by atoms with E-state index < -0.39 is 0 Å². The molecule has 0 aromatic rings. The average Bonchev–Trinajstić information content (AvgIpc) is 1.86. The van der Waals surface area contributed by atoms with Gasteiger partial charge >= 0.3 is 0 Å². The molecule has 0 radical (unpaired) electrons. The summed E-state index contributed by atoms with van der Waals surface area (Å²) in [6, 6.07) is 0. The Labute approximate surface area is 72.7 Å². The summed E-state index contributed by atoms with van der Waals surface area (Å²) < 4.78 is 0. The fraction of sp³-hybridized carbons (Fsp3) is 0.250. The van der Waals surface area contributed by atoms with Crippen LogP contribution in [0.3, 0.4) is 0 Å². The molecule has 0 saturated carbocycles. The molecule has 0 spiro atoms. The smallest absolute Gasteiger partial charge is 0.0337 e. The number of hydrogen-bond donors (Lipinski definition) is 1. The van der Waals surface area contributed by atoms with Crippen LogP contribution < -0.4 is 0 Å². The van der Waals surface area contributed by atoms with Gasteiger partial charge in [-0.25, -0.2) is 0 Å². The molecule has 0 atom stereocenters. The molecule has 0 amide bonds. The summed E-state index contributed by atoms with van der Waals surface area (Å²) >= 11 is 9.65. The van der Waals surface area contributed by atoms with Crippen molar-refractivity contribution in [2.75, 3.05) is 5.75 Å². The Hall–Kier alpha value is -0.140. The van der Waals surface area contributed by atoms with Gasteiger partial charge in [-0.1, -0.05) is 30.3 Å². The lowest BCUT2D eigenvalue weighted by Crippen LogP contribution is -1.78. The highest BCUT2D eigenvalue weighted by atomic mass is 35.5. The second-order valence-corrected chi connectivity index (χ2v) is 2.63. The van der Waals surface area contributed by atoms with Crippen molar-refractivity contribution in [2.45, 2.75) is 6.92 Å². The molecule has 0 bridgehead atoms. The van der Waals surface area contributed by atoms with E-state index in [9.17, 15) is 0 Å². The van der Waals surface area contributed by atoms with E-state index in [1.807, 2.05) is 19.1 Å². The summed E-state index contributed by atoms with van der Waals surface area (Å²) in [6.45, 7) is 5.50. The SMILES string of the molecule is C=C(Cl)/C=C(\C=C/C)CS. The Morgan fingerprint density at radius 2 is 2.30 bits per heavy atom. The predicted molar refractivity (Wildman–Crippen MR) is 51.7 cm³/mol. The van der Waals surface area contributed by atoms with Crippen LogP contribution in [0.15, 0.2) is 35.4 Å². The highest BCUT2D eigenvalue weighted by Gasteiger charge is 1.87. The van der Waals surface area contributed by atoms with Crippen molar-refractivity contribution in [3.05, 3.63) is 35.4 Å². The second kappa shape index (κ2) is 5.63. The molecule has 0 aromatic heterocycles. The standard InChI is InChI=1S/C8H11ClS/c1-3-4-8(6-10)5-7(2)9/h3-5,10H,2,6H2,1H3/b4-3-,8-5+. The topological polar surface area (TPSA) is 0 Å². The van der Waals surface area contributed by atoms with Gasteiger partial charge in [0.05, 0.1) is 0 Å². The van der Waals surface area contributed by atoms with Gasteiger partial charge in [-0.3, -0.25) is 0 Å². The molecule has 0 rings (SSSR count). The monoisotopic (exact) mass is 174 g/mol. The number of rotatable bonds is 3. The number of allylic oxidation sites excluding steroid dienone is 4. The van der Waals surface area contributed by atoms with Crippen LogP contribution in [-0.4, -0.2) is 5.75 Å². The van der Waals surface area contributed by atoms with Gasteiger partial charge in [-0.05, 0) is 18.6 Å². The molecule has 0 heterocycles. The Morgan fingerprint density at radius 3 is 2.60 bits per heavy atom. The Balaban J connectivity index is 4.18. The third kappa shape index (κ3) is 4.71. The lowest BCUT2D eigenvalue weighted by molar-refractivity contribution is 1.52. The molecule has 0 nitrogen and oxygen atoms in total. The number of thiol groups is 1. The highest BCUT2D eigenvalue weighted by Crippen LogP contribution is 2.07. The predicted octanol–water partition coefficient (Wildman–Crippen LogP) is 3.17. The van der Waals surface area contributed by atoms with Crippen molar-refractivity contribution in [2.24, 2.45) is 0 Å². The molecule has 0 saturated heterocycles. The maximum atomic E-state index is 5.55. The van der Waals surface area contributed by atoms with Gasteiger partial charge in [0.15, 0.2) is 0 Å². The molecular formula is C8H11ClS. The summed E-state index contributed by atoms with van der Waals surface area (Å²) in [5, 5.41) is 0.544. The summed E-state index contributed by atoms with van der Waals surface area (Å²) in [4.78, 5) is 0. The van der Waals surface area contributed by atoms with Crippen molar-refractivity contribution in [1.29, 1.82) is 0 Å². The lowest BCUT2D eigenvalue weighted by Gasteiger charge is -1.93. The van der Waals surface area contributed by atoms with Crippen LogP contribution in [0.1, 0.15) is 6.92 Å². The molecular weight excluding hydrogens is 164 g/mol. The minimum atomic E-state index is 0.544. The zero-order chi connectivity index (χ0) is 7.98. The Kier molecular flexibility index (Phi) is 5.55. The average molecular weight is 175 g/mol. The van der Waals surface area contributed by atoms with Crippen LogP contribution in [0, 0.1) is 0 Å². The Bertz CT molecular complexity index is 168. The first kappa shape index (κ1) is 9.86. The first-order valence-electron chi connectivity index (χ1n) is 2.99. The molecule has 0 aliphatic rings. The summed E-state index contributed by atoms with van der Waals surface area (Å²) in [5.74, 6) is 0.691. The van der Waals surface area contributed by atoms with Crippen LogP contribution in [0.25, 0.3) is 0 Å². The second-order valence-electron chi connectivity index (χ2n) is 1.82. The van der Waals surface area contributed by atoms with Crippen LogP contribution in [0.5, 0.6) is 0 Å². The molecule has 0 aliphatic heterocycles. The third-order valence-corrected chi connectivity index (χ3v) is 1.38. The first-order valence-corrected chi connectivity index (χ1v) is 4.00. The van der Waals surface area contributed by atoms with Gasteiger partial charge in [0.25, 0.3) is 0 Å². The number of hydrogen-bond acceptors (Lipinski definition) is 1. The van der Waals surface area contributed by atoms with Crippen molar-refractivity contribution >= 4 is 24.2 Å². The van der Waals surface area contributed by atoms with Crippen molar-refractivity contribution in [3.8, 4) is 0 Å².